The first kappa shape index (κ1) is 18.1. The quantitative estimate of drug-likeness (QED) is 0.398. The normalized spacial score (nSPS) is 12.0. The third-order valence-electron chi connectivity index (χ3n) is 3.97. The Kier molecular flexibility index (Phi) is 5.16. The number of nitrogens with one attached hydrogen (secondary N) is 2. The number of aromatic amines is 1. The highest BCUT2D eigenvalue weighted by atomic mass is 16.2. The van der Waals surface area contributed by atoms with E-state index in [4.69, 9.17) is 0 Å². The first-order valence-electron chi connectivity index (χ1n) is 8.35. The highest BCUT2D eigenvalue weighted by Gasteiger charge is 2.16. The van der Waals surface area contributed by atoms with Crippen molar-refractivity contribution in [3.63, 3.8) is 0 Å². The molecule has 0 aliphatic carbocycles. The molecule has 2 heterocycles. The molecule has 27 heavy (non-hydrogen) atoms. The Morgan fingerprint density at radius 2 is 2.07 bits per heavy atom. The van der Waals surface area contributed by atoms with Crippen molar-refractivity contribution in [1.82, 2.24) is 19.1 Å². The number of allylic oxidation sites excluding steroid dienone is 2. The molecule has 0 aliphatic heterocycles. The summed E-state index contributed by atoms with van der Waals surface area (Å²) < 4.78 is 2.91. The molecule has 0 unspecified atom stereocenters. The van der Waals surface area contributed by atoms with Crippen LogP contribution in [0.15, 0.2) is 63.8 Å². The number of aryl methyl sites for hydroxylation is 1. The van der Waals surface area contributed by atoms with Gasteiger partial charge >= 0.3 is 5.69 Å². The van der Waals surface area contributed by atoms with E-state index in [-0.39, 0.29) is 11.2 Å². The van der Waals surface area contributed by atoms with Crippen LogP contribution in [0, 0.1) is 0 Å². The monoisotopic (exact) mass is 364 g/mol. The number of imidazole rings is 1. The minimum Gasteiger partial charge on any atom is -0.299 e. The molecule has 0 atom stereocenters. The van der Waals surface area contributed by atoms with Gasteiger partial charge in [0.15, 0.2) is 11.2 Å². The van der Waals surface area contributed by atoms with Crippen molar-refractivity contribution < 1.29 is 0 Å². The van der Waals surface area contributed by atoms with E-state index >= 15 is 0 Å². The molecule has 0 saturated carbocycles. The van der Waals surface area contributed by atoms with Crippen LogP contribution in [0.25, 0.3) is 17.2 Å². The number of rotatable bonds is 6. The van der Waals surface area contributed by atoms with Crippen LogP contribution >= 0.6 is 0 Å². The second-order valence-electron chi connectivity index (χ2n) is 5.93. The van der Waals surface area contributed by atoms with Gasteiger partial charge in [0.1, 0.15) is 0 Å². The fourth-order valence-corrected chi connectivity index (χ4v) is 2.58. The van der Waals surface area contributed by atoms with Crippen LogP contribution in [0.3, 0.4) is 0 Å². The van der Waals surface area contributed by atoms with Gasteiger partial charge < -0.3 is 0 Å². The molecule has 0 saturated heterocycles. The summed E-state index contributed by atoms with van der Waals surface area (Å²) in [7, 11) is 1.55. The fourth-order valence-electron chi connectivity index (χ4n) is 2.58. The lowest BCUT2D eigenvalue weighted by molar-refractivity contribution is 0.819. The highest BCUT2D eigenvalue weighted by Crippen LogP contribution is 2.15. The van der Waals surface area contributed by atoms with Crippen LogP contribution in [0.4, 0.5) is 5.95 Å². The molecule has 2 aromatic heterocycles. The third-order valence-corrected chi connectivity index (χ3v) is 3.97. The first-order chi connectivity index (χ1) is 13.0. The molecule has 1 aromatic carbocycles. The number of hydrazone groups is 1. The Bertz CT molecular complexity index is 1150. The number of benzene rings is 1. The maximum atomic E-state index is 12.2. The van der Waals surface area contributed by atoms with E-state index in [1.165, 1.54) is 4.57 Å². The van der Waals surface area contributed by atoms with Gasteiger partial charge in [0, 0.05) is 13.6 Å². The lowest BCUT2D eigenvalue weighted by atomic mass is 10.2. The second-order valence-corrected chi connectivity index (χ2v) is 5.93. The summed E-state index contributed by atoms with van der Waals surface area (Å²) in [5.41, 5.74) is 4.20. The standard InChI is InChI=1S/C19H20N6O2/c1-4-12-25-15-16(24(3)19(27)21-17(15)26)20-18(25)23-22-13(2)10-11-14-8-6-5-7-9-14/h4-11H,1,12H2,2-3H3,(H,20,23)(H,21,26,27)/b11-10-,22-13-. The largest absolute Gasteiger partial charge is 0.329 e. The minimum absolute atomic E-state index is 0.279. The summed E-state index contributed by atoms with van der Waals surface area (Å²) in [4.78, 5) is 30.7. The predicted molar refractivity (Wildman–Crippen MR) is 108 cm³/mol. The van der Waals surface area contributed by atoms with Crippen molar-refractivity contribution in [2.75, 3.05) is 5.43 Å². The molecule has 0 amide bonds. The molecule has 0 aliphatic rings. The second kappa shape index (κ2) is 7.69. The van der Waals surface area contributed by atoms with Gasteiger partial charge in [-0.25, -0.2) is 10.2 Å². The lowest BCUT2D eigenvalue weighted by Crippen LogP contribution is -2.29. The van der Waals surface area contributed by atoms with E-state index in [0.717, 1.165) is 11.3 Å². The van der Waals surface area contributed by atoms with Crippen LogP contribution in [-0.4, -0.2) is 24.8 Å². The molecule has 3 aromatic rings. The van der Waals surface area contributed by atoms with Crippen molar-refractivity contribution in [3.8, 4) is 0 Å². The number of aromatic nitrogens is 4. The summed E-state index contributed by atoms with van der Waals surface area (Å²) in [5.74, 6) is 0.351. The topological polar surface area (TPSA) is 97.1 Å². The van der Waals surface area contributed by atoms with E-state index in [1.54, 1.807) is 17.7 Å². The van der Waals surface area contributed by atoms with E-state index in [9.17, 15) is 9.59 Å². The molecular weight excluding hydrogens is 344 g/mol. The van der Waals surface area contributed by atoms with E-state index < -0.39 is 11.2 Å². The van der Waals surface area contributed by atoms with Crippen molar-refractivity contribution in [2.45, 2.75) is 13.5 Å². The smallest absolute Gasteiger partial charge is 0.299 e. The number of H-pyrrole nitrogens is 1. The Labute approximate surface area is 155 Å². The van der Waals surface area contributed by atoms with Gasteiger partial charge in [-0.05, 0) is 18.6 Å². The molecule has 138 valence electrons. The van der Waals surface area contributed by atoms with Crippen molar-refractivity contribution in [2.24, 2.45) is 12.1 Å². The van der Waals surface area contributed by atoms with Gasteiger partial charge in [0.25, 0.3) is 5.56 Å². The van der Waals surface area contributed by atoms with Gasteiger partial charge in [-0.3, -0.25) is 18.9 Å². The van der Waals surface area contributed by atoms with Crippen LogP contribution < -0.4 is 16.7 Å². The third kappa shape index (κ3) is 3.79. The average Bonchev–Trinajstić information content (AvgIpc) is 3.03. The van der Waals surface area contributed by atoms with Gasteiger partial charge in [-0.2, -0.15) is 10.1 Å². The zero-order valence-corrected chi connectivity index (χ0v) is 15.1. The Balaban J connectivity index is 1.95. The lowest BCUT2D eigenvalue weighted by Gasteiger charge is -2.05. The van der Waals surface area contributed by atoms with E-state index in [1.807, 2.05) is 49.4 Å². The molecule has 0 fully saturated rings. The predicted octanol–water partition coefficient (Wildman–Crippen LogP) is 2.11. The number of hydrogen-bond donors (Lipinski definition) is 2. The average molecular weight is 364 g/mol. The molecule has 0 bridgehead atoms. The maximum absolute atomic E-state index is 12.2. The SMILES string of the molecule is C=CCn1c(N/N=C(C)\C=C/c2ccccc2)nc2c1c(=O)[nH]c(=O)n2C. The zero-order chi connectivity index (χ0) is 19.4. The maximum Gasteiger partial charge on any atom is 0.329 e. The van der Waals surface area contributed by atoms with Crippen LogP contribution in [0.2, 0.25) is 0 Å². The molecule has 0 radical (unpaired) electrons. The molecule has 3 rings (SSSR count). The first-order valence-corrected chi connectivity index (χ1v) is 8.35. The molecule has 0 spiro atoms. The number of anilines is 1. The van der Waals surface area contributed by atoms with Gasteiger partial charge in [-0.15, -0.1) is 6.58 Å². The van der Waals surface area contributed by atoms with Crippen LogP contribution in [0.1, 0.15) is 12.5 Å². The Morgan fingerprint density at radius 3 is 2.78 bits per heavy atom. The molecule has 2 N–H and O–H groups in total. The van der Waals surface area contributed by atoms with Gasteiger partial charge in [-0.1, -0.05) is 42.5 Å². The van der Waals surface area contributed by atoms with Crippen molar-refractivity contribution in [1.29, 1.82) is 0 Å². The summed E-state index contributed by atoms with van der Waals surface area (Å²) in [5, 5.41) is 4.29. The summed E-state index contributed by atoms with van der Waals surface area (Å²) in [6.07, 6.45) is 5.45. The number of fused-ring (bicyclic) bond motifs is 1. The number of hydrogen-bond acceptors (Lipinski definition) is 5. The minimum atomic E-state index is -0.521. The van der Waals surface area contributed by atoms with Gasteiger partial charge in [0.2, 0.25) is 5.95 Å². The molecular formula is C19H20N6O2. The Hall–Kier alpha value is -3.68. The summed E-state index contributed by atoms with van der Waals surface area (Å²) >= 11 is 0. The zero-order valence-electron chi connectivity index (χ0n) is 15.1. The summed E-state index contributed by atoms with van der Waals surface area (Å²) in [6, 6.07) is 9.87. The highest BCUT2D eigenvalue weighted by molar-refractivity contribution is 5.96. The van der Waals surface area contributed by atoms with E-state index in [2.05, 4.69) is 27.1 Å². The van der Waals surface area contributed by atoms with Gasteiger partial charge in [0.05, 0.1) is 5.71 Å². The molecule has 8 heteroatoms. The molecule has 8 nitrogen and oxygen atoms in total. The number of nitrogens with zero attached hydrogens (tertiary/aromatic N) is 4. The van der Waals surface area contributed by atoms with E-state index in [0.29, 0.717) is 12.5 Å². The Morgan fingerprint density at radius 1 is 1.33 bits per heavy atom. The van der Waals surface area contributed by atoms with Crippen LogP contribution in [-0.2, 0) is 13.6 Å². The summed E-state index contributed by atoms with van der Waals surface area (Å²) in [6.45, 7) is 5.89. The van der Waals surface area contributed by atoms with Crippen molar-refractivity contribution in [3.05, 3.63) is 75.5 Å². The fraction of sp³-hybridized carbons (Fsp3) is 0.158. The van der Waals surface area contributed by atoms with Crippen LogP contribution in [0.5, 0.6) is 0 Å². The van der Waals surface area contributed by atoms with Crippen molar-refractivity contribution >= 4 is 28.9 Å².